The normalized spacial score (nSPS) is 10.0. The molecule has 2 aromatic rings. The summed E-state index contributed by atoms with van der Waals surface area (Å²) in [6.45, 7) is 0. The summed E-state index contributed by atoms with van der Waals surface area (Å²) in [6, 6.07) is 7.46. The van der Waals surface area contributed by atoms with Gasteiger partial charge in [0, 0.05) is 11.8 Å². The second-order valence-electron chi connectivity index (χ2n) is 3.26. The molecule has 0 unspecified atom stereocenters. The second kappa shape index (κ2) is 4.69. The molecule has 1 aromatic carbocycles. The fourth-order valence-corrected chi connectivity index (χ4v) is 1.33. The van der Waals surface area contributed by atoms with E-state index in [2.05, 4.69) is 14.7 Å². The van der Waals surface area contributed by atoms with E-state index in [1.807, 2.05) is 0 Å². The van der Waals surface area contributed by atoms with E-state index in [1.54, 1.807) is 18.2 Å². The number of methoxy groups -OCH3 is 1. The van der Waals surface area contributed by atoms with Gasteiger partial charge in [0.15, 0.2) is 0 Å². The fraction of sp³-hybridized carbons (Fsp3) is 0.0833. The Bertz CT molecular complexity index is 540. The summed E-state index contributed by atoms with van der Waals surface area (Å²) in [5.74, 6) is -0.945. The SMILES string of the molecule is COC(=O)c1nccc(-c2ccc(F)cc2)n1. The number of carbonyl (C=O) groups excluding carboxylic acids is 1. The Hall–Kier alpha value is -2.30. The number of benzene rings is 1. The van der Waals surface area contributed by atoms with Gasteiger partial charge in [-0.25, -0.2) is 19.2 Å². The van der Waals surface area contributed by atoms with Gasteiger partial charge in [-0.3, -0.25) is 0 Å². The molecule has 17 heavy (non-hydrogen) atoms. The van der Waals surface area contributed by atoms with E-state index in [9.17, 15) is 9.18 Å². The maximum absolute atomic E-state index is 12.8. The van der Waals surface area contributed by atoms with Crippen LogP contribution in [0.2, 0.25) is 0 Å². The van der Waals surface area contributed by atoms with Gasteiger partial charge in [-0.2, -0.15) is 0 Å². The Morgan fingerprint density at radius 2 is 1.94 bits per heavy atom. The van der Waals surface area contributed by atoms with E-state index in [0.717, 1.165) is 0 Å². The lowest BCUT2D eigenvalue weighted by Gasteiger charge is -2.02. The lowest BCUT2D eigenvalue weighted by atomic mass is 10.1. The number of ether oxygens (including phenoxy) is 1. The van der Waals surface area contributed by atoms with E-state index in [0.29, 0.717) is 11.3 Å². The zero-order valence-corrected chi connectivity index (χ0v) is 9.05. The molecule has 0 aliphatic rings. The van der Waals surface area contributed by atoms with E-state index in [-0.39, 0.29) is 11.6 Å². The van der Waals surface area contributed by atoms with Crippen molar-refractivity contribution in [3.63, 3.8) is 0 Å². The molecule has 0 bridgehead atoms. The van der Waals surface area contributed by atoms with Gasteiger partial charge in [0.2, 0.25) is 5.82 Å². The first-order valence-electron chi connectivity index (χ1n) is 4.88. The molecule has 0 saturated carbocycles. The van der Waals surface area contributed by atoms with Crippen molar-refractivity contribution >= 4 is 5.97 Å². The Balaban J connectivity index is 2.39. The summed E-state index contributed by atoms with van der Waals surface area (Å²) >= 11 is 0. The van der Waals surface area contributed by atoms with E-state index in [4.69, 9.17) is 0 Å². The average Bonchev–Trinajstić information content (AvgIpc) is 2.39. The summed E-state index contributed by atoms with van der Waals surface area (Å²) in [6.07, 6.45) is 1.46. The molecule has 0 aliphatic heterocycles. The van der Waals surface area contributed by atoms with Crippen LogP contribution in [0.15, 0.2) is 36.5 Å². The largest absolute Gasteiger partial charge is 0.463 e. The molecule has 4 nitrogen and oxygen atoms in total. The monoisotopic (exact) mass is 232 g/mol. The molecule has 0 saturated heterocycles. The zero-order valence-electron chi connectivity index (χ0n) is 9.05. The Kier molecular flexibility index (Phi) is 3.09. The minimum atomic E-state index is -0.603. The Morgan fingerprint density at radius 1 is 1.24 bits per heavy atom. The third-order valence-corrected chi connectivity index (χ3v) is 2.16. The fourth-order valence-electron chi connectivity index (χ4n) is 1.33. The minimum absolute atomic E-state index is 0.0191. The number of halogens is 1. The third-order valence-electron chi connectivity index (χ3n) is 2.16. The highest BCUT2D eigenvalue weighted by molar-refractivity contribution is 5.85. The maximum atomic E-state index is 12.8. The lowest BCUT2D eigenvalue weighted by Crippen LogP contribution is -2.07. The van der Waals surface area contributed by atoms with Crippen LogP contribution in [0.5, 0.6) is 0 Å². The predicted octanol–water partition coefficient (Wildman–Crippen LogP) is 2.07. The summed E-state index contributed by atoms with van der Waals surface area (Å²) in [5.41, 5.74) is 1.25. The van der Waals surface area contributed by atoms with E-state index < -0.39 is 5.97 Å². The average molecular weight is 232 g/mol. The topological polar surface area (TPSA) is 52.1 Å². The van der Waals surface area contributed by atoms with E-state index in [1.165, 1.54) is 25.4 Å². The van der Waals surface area contributed by atoms with Crippen molar-refractivity contribution < 1.29 is 13.9 Å². The van der Waals surface area contributed by atoms with Crippen LogP contribution in [0.1, 0.15) is 10.6 Å². The van der Waals surface area contributed by atoms with Gasteiger partial charge in [-0.15, -0.1) is 0 Å². The van der Waals surface area contributed by atoms with E-state index >= 15 is 0 Å². The molecule has 1 heterocycles. The first kappa shape index (κ1) is 11.2. The molecule has 0 spiro atoms. The number of rotatable bonds is 2. The summed E-state index contributed by atoms with van der Waals surface area (Å²) in [5, 5.41) is 0. The highest BCUT2D eigenvalue weighted by Crippen LogP contribution is 2.16. The summed E-state index contributed by atoms with van der Waals surface area (Å²) in [7, 11) is 1.26. The van der Waals surface area contributed by atoms with Crippen molar-refractivity contribution in [1.29, 1.82) is 0 Å². The van der Waals surface area contributed by atoms with Crippen molar-refractivity contribution in [2.75, 3.05) is 7.11 Å². The van der Waals surface area contributed by atoms with Crippen LogP contribution in [0.25, 0.3) is 11.3 Å². The first-order chi connectivity index (χ1) is 8.20. The van der Waals surface area contributed by atoms with Crippen molar-refractivity contribution in [3.05, 3.63) is 48.2 Å². The molecule has 0 radical (unpaired) electrons. The number of hydrogen-bond donors (Lipinski definition) is 0. The van der Waals surface area contributed by atoms with Gasteiger partial charge in [0.05, 0.1) is 12.8 Å². The van der Waals surface area contributed by atoms with Gasteiger partial charge >= 0.3 is 5.97 Å². The summed E-state index contributed by atoms with van der Waals surface area (Å²) < 4.78 is 17.3. The molecule has 0 N–H and O–H groups in total. The minimum Gasteiger partial charge on any atom is -0.463 e. The first-order valence-corrected chi connectivity index (χ1v) is 4.88. The lowest BCUT2D eigenvalue weighted by molar-refractivity contribution is 0.0587. The predicted molar refractivity (Wildman–Crippen MR) is 58.8 cm³/mol. The van der Waals surface area contributed by atoms with Crippen LogP contribution >= 0.6 is 0 Å². The van der Waals surface area contributed by atoms with Gasteiger partial charge in [-0.1, -0.05) is 0 Å². The molecule has 0 aliphatic carbocycles. The summed E-state index contributed by atoms with van der Waals surface area (Å²) in [4.78, 5) is 19.1. The van der Waals surface area contributed by atoms with Crippen LogP contribution in [0.4, 0.5) is 4.39 Å². The van der Waals surface area contributed by atoms with Crippen molar-refractivity contribution in [2.45, 2.75) is 0 Å². The van der Waals surface area contributed by atoms with Gasteiger partial charge in [0.1, 0.15) is 5.82 Å². The molecule has 0 amide bonds. The molecular formula is C12H9FN2O2. The van der Waals surface area contributed by atoms with Crippen molar-refractivity contribution in [1.82, 2.24) is 9.97 Å². The van der Waals surface area contributed by atoms with Crippen LogP contribution in [-0.4, -0.2) is 23.0 Å². The zero-order chi connectivity index (χ0) is 12.3. The molecule has 5 heteroatoms. The molecular weight excluding hydrogens is 223 g/mol. The van der Waals surface area contributed by atoms with Crippen LogP contribution in [0.3, 0.4) is 0 Å². The van der Waals surface area contributed by atoms with Crippen LogP contribution in [-0.2, 0) is 4.74 Å². The van der Waals surface area contributed by atoms with Gasteiger partial charge < -0.3 is 4.74 Å². The number of nitrogens with zero attached hydrogens (tertiary/aromatic N) is 2. The smallest absolute Gasteiger partial charge is 0.376 e. The number of hydrogen-bond acceptors (Lipinski definition) is 4. The third kappa shape index (κ3) is 2.44. The number of aromatic nitrogens is 2. The maximum Gasteiger partial charge on any atom is 0.376 e. The quantitative estimate of drug-likeness (QED) is 0.744. The highest BCUT2D eigenvalue weighted by Gasteiger charge is 2.10. The van der Waals surface area contributed by atoms with Crippen LogP contribution < -0.4 is 0 Å². The van der Waals surface area contributed by atoms with Gasteiger partial charge in [-0.05, 0) is 30.3 Å². The number of carbonyl (C=O) groups is 1. The molecule has 0 fully saturated rings. The van der Waals surface area contributed by atoms with Crippen molar-refractivity contribution in [3.8, 4) is 11.3 Å². The molecule has 86 valence electrons. The Labute approximate surface area is 97.1 Å². The second-order valence-corrected chi connectivity index (χ2v) is 3.26. The van der Waals surface area contributed by atoms with Crippen LogP contribution in [0, 0.1) is 5.82 Å². The molecule has 2 rings (SSSR count). The number of esters is 1. The highest BCUT2D eigenvalue weighted by atomic mass is 19.1. The van der Waals surface area contributed by atoms with Crippen molar-refractivity contribution in [2.24, 2.45) is 0 Å². The standard InChI is InChI=1S/C12H9FN2O2/c1-17-12(16)11-14-7-6-10(15-11)8-2-4-9(13)5-3-8/h2-7H,1H3. The Morgan fingerprint density at radius 3 is 2.59 bits per heavy atom. The van der Waals surface area contributed by atoms with Gasteiger partial charge in [0.25, 0.3) is 0 Å². The molecule has 1 aromatic heterocycles. The molecule has 0 atom stereocenters.